The summed E-state index contributed by atoms with van der Waals surface area (Å²) in [6.45, 7) is 4.54. The average molecular weight is 182 g/mol. The highest BCUT2D eigenvalue weighted by Gasteiger charge is 2.35. The number of hydrogen-bond donors (Lipinski definition) is 1. The van der Waals surface area contributed by atoms with Crippen LogP contribution in [0.3, 0.4) is 0 Å². The highest BCUT2D eigenvalue weighted by atomic mass is 15.2. The lowest BCUT2D eigenvalue weighted by atomic mass is 9.85. The zero-order chi connectivity index (χ0) is 9.26. The molecule has 1 heterocycles. The van der Waals surface area contributed by atoms with Crippen LogP contribution in [0.5, 0.6) is 0 Å². The van der Waals surface area contributed by atoms with Crippen LogP contribution in [0.25, 0.3) is 0 Å². The lowest BCUT2D eigenvalue weighted by molar-refractivity contribution is 0.176. The van der Waals surface area contributed by atoms with Gasteiger partial charge in [-0.05, 0) is 38.6 Å². The molecule has 0 aromatic rings. The highest BCUT2D eigenvalue weighted by molar-refractivity contribution is 4.90. The Morgan fingerprint density at radius 1 is 1.31 bits per heavy atom. The smallest absolute Gasteiger partial charge is 0.0139 e. The minimum absolute atomic E-state index is 0.348. The van der Waals surface area contributed by atoms with Gasteiger partial charge in [0.1, 0.15) is 0 Å². The molecule has 1 saturated carbocycles. The number of likely N-dealkylation sites (tertiary alicyclic amines) is 1. The third-order valence-electron chi connectivity index (χ3n) is 3.65. The van der Waals surface area contributed by atoms with Crippen molar-refractivity contribution in [1.82, 2.24) is 4.90 Å². The van der Waals surface area contributed by atoms with E-state index in [0.717, 1.165) is 18.5 Å². The second-order valence-electron chi connectivity index (χ2n) is 4.87. The molecule has 0 radical (unpaired) electrons. The fraction of sp³-hybridized carbons (Fsp3) is 1.00. The number of rotatable bonds is 2. The van der Waals surface area contributed by atoms with Crippen LogP contribution in [-0.4, -0.2) is 30.1 Å². The van der Waals surface area contributed by atoms with Crippen LogP contribution in [0, 0.1) is 5.92 Å². The molecule has 0 amide bonds. The van der Waals surface area contributed by atoms with Crippen molar-refractivity contribution < 1.29 is 0 Å². The second-order valence-corrected chi connectivity index (χ2v) is 4.87. The second kappa shape index (κ2) is 3.97. The molecule has 2 N–H and O–H groups in total. The van der Waals surface area contributed by atoms with Gasteiger partial charge in [-0.1, -0.05) is 12.8 Å². The number of hydrogen-bond acceptors (Lipinski definition) is 2. The number of fused-ring (bicyclic) bond motifs is 1. The van der Waals surface area contributed by atoms with Crippen molar-refractivity contribution in [2.24, 2.45) is 11.7 Å². The molecule has 0 spiro atoms. The van der Waals surface area contributed by atoms with Crippen LogP contribution in [0.4, 0.5) is 0 Å². The third kappa shape index (κ3) is 2.05. The Bertz CT molecular complexity index is 167. The molecule has 0 aromatic carbocycles. The summed E-state index contributed by atoms with van der Waals surface area (Å²) in [5, 5.41) is 0. The van der Waals surface area contributed by atoms with E-state index in [1.807, 2.05) is 0 Å². The van der Waals surface area contributed by atoms with Gasteiger partial charge in [0.2, 0.25) is 0 Å². The minimum atomic E-state index is 0.348. The topological polar surface area (TPSA) is 29.3 Å². The third-order valence-corrected chi connectivity index (χ3v) is 3.65. The predicted octanol–water partition coefficient (Wildman–Crippen LogP) is 1.60. The molecular formula is C11H22N2. The summed E-state index contributed by atoms with van der Waals surface area (Å²) in [5.74, 6) is 1.01. The van der Waals surface area contributed by atoms with E-state index >= 15 is 0 Å². The molecule has 2 fully saturated rings. The van der Waals surface area contributed by atoms with Crippen molar-refractivity contribution in [3.05, 3.63) is 0 Å². The van der Waals surface area contributed by atoms with E-state index in [-0.39, 0.29) is 0 Å². The molecule has 76 valence electrons. The molecule has 2 unspecified atom stereocenters. The van der Waals surface area contributed by atoms with Crippen LogP contribution in [0.1, 0.15) is 39.0 Å². The fourth-order valence-corrected chi connectivity index (χ4v) is 3.10. The summed E-state index contributed by atoms with van der Waals surface area (Å²) in [7, 11) is 0. The zero-order valence-electron chi connectivity index (χ0n) is 8.71. The van der Waals surface area contributed by atoms with Gasteiger partial charge in [0.25, 0.3) is 0 Å². The van der Waals surface area contributed by atoms with Crippen LogP contribution >= 0.6 is 0 Å². The first kappa shape index (κ1) is 9.47. The van der Waals surface area contributed by atoms with Crippen molar-refractivity contribution in [2.75, 3.05) is 13.1 Å². The molecule has 1 aliphatic carbocycles. The van der Waals surface area contributed by atoms with Gasteiger partial charge in [-0.2, -0.15) is 0 Å². The molecular weight excluding hydrogens is 160 g/mol. The fourth-order valence-electron chi connectivity index (χ4n) is 3.10. The Labute approximate surface area is 81.5 Å². The summed E-state index contributed by atoms with van der Waals surface area (Å²) in [6.07, 6.45) is 7.23. The molecule has 2 aliphatic rings. The van der Waals surface area contributed by atoms with Crippen molar-refractivity contribution in [1.29, 1.82) is 0 Å². The van der Waals surface area contributed by atoms with Crippen LogP contribution < -0.4 is 5.73 Å². The van der Waals surface area contributed by atoms with Gasteiger partial charge >= 0.3 is 0 Å². The lowest BCUT2D eigenvalue weighted by Gasteiger charge is -2.32. The van der Waals surface area contributed by atoms with E-state index in [2.05, 4.69) is 11.8 Å². The molecule has 2 rings (SSSR count). The standard InChI is InChI=1S/C11H22N2/c1-9(12)8-13-7-6-10-4-2-3-5-11(10)13/h9-11H,2-8,12H2,1H3/t9-,10?,11?/m0/s1. The SMILES string of the molecule is C[C@H](N)CN1CCC2CCCCC21. The maximum absolute atomic E-state index is 5.85. The first-order valence-corrected chi connectivity index (χ1v) is 5.77. The largest absolute Gasteiger partial charge is 0.327 e. The Kier molecular flexibility index (Phi) is 2.89. The van der Waals surface area contributed by atoms with Gasteiger partial charge in [0.15, 0.2) is 0 Å². The van der Waals surface area contributed by atoms with E-state index in [0.29, 0.717) is 6.04 Å². The summed E-state index contributed by atoms with van der Waals surface area (Å²) >= 11 is 0. The molecule has 0 bridgehead atoms. The molecule has 2 heteroatoms. The summed E-state index contributed by atoms with van der Waals surface area (Å²) in [4.78, 5) is 2.63. The molecule has 1 saturated heterocycles. The first-order valence-electron chi connectivity index (χ1n) is 5.77. The predicted molar refractivity (Wildman–Crippen MR) is 55.6 cm³/mol. The van der Waals surface area contributed by atoms with Crippen LogP contribution in [0.15, 0.2) is 0 Å². The van der Waals surface area contributed by atoms with Gasteiger partial charge in [-0.25, -0.2) is 0 Å². The van der Waals surface area contributed by atoms with E-state index < -0.39 is 0 Å². The van der Waals surface area contributed by atoms with Gasteiger partial charge in [0.05, 0.1) is 0 Å². The van der Waals surface area contributed by atoms with E-state index in [4.69, 9.17) is 5.73 Å². The van der Waals surface area contributed by atoms with Gasteiger partial charge in [0, 0.05) is 18.6 Å². The first-order chi connectivity index (χ1) is 6.27. The van der Waals surface area contributed by atoms with Crippen molar-refractivity contribution >= 4 is 0 Å². The van der Waals surface area contributed by atoms with E-state index in [9.17, 15) is 0 Å². The van der Waals surface area contributed by atoms with Gasteiger partial charge in [-0.3, -0.25) is 4.90 Å². The molecule has 13 heavy (non-hydrogen) atoms. The van der Waals surface area contributed by atoms with E-state index in [1.165, 1.54) is 38.6 Å². The van der Waals surface area contributed by atoms with Crippen molar-refractivity contribution in [3.8, 4) is 0 Å². The highest BCUT2D eigenvalue weighted by Crippen LogP contribution is 2.35. The molecule has 0 aromatic heterocycles. The van der Waals surface area contributed by atoms with Crippen LogP contribution in [0.2, 0.25) is 0 Å². The van der Waals surface area contributed by atoms with Gasteiger partial charge < -0.3 is 5.73 Å². The molecule has 1 aliphatic heterocycles. The summed E-state index contributed by atoms with van der Waals surface area (Å²) in [5.41, 5.74) is 5.85. The van der Waals surface area contributed by atoms with E-state index in [1.54, 1.807) is 0 Å². The van der Waals surface area contributed by atoms with Crippen LogP contribution in [-0.2, 0) is 0 Å². The molecule has 3 atom stereocenters. The maximum atomic E-state index is 5.85. The quantitative estimate of drug-likeness (QED) is 0.703. The minimum Gasteiger partial charge on any atom is -0.327 e. The van der Waals surface area contributed by atoms with Crippen molar-refractivity contribution in [2.45, 2.75) is 51.1 Å². The maximum Gasteiger partial charge on any atom is 0.0139 e. The zero-order valence-corrected chi connectivity index (χ0v) is 8.71. The Hall–Kier alpha value is -0.0800. The Balaban J connectivity index is 1.91. The summed E-state index contributed by atoms with van der Waals surface area (Å²) in [6, 6.07) is 1.24. The molecule has 2 nitrogen and oxygen atoms in total. The Morgan fingerprint density at radius 2 is 2.08 bits per heavy atom. The monoisotopic (exact) mass is 182 g/mol. The number of nitrogens with two attached hydrogens (primary N) is 1. The van der Waals surface area contributed by atoms with Crippen molar-refractivity contribution in [3.63, 3.8) is 0 Å². The summed E-state index contributed by atoms with van der Waals surface area (Å²) < 4.78 is 0. The Morgan fingerprint density at radius 3 is 2.85 bits per heavy atom. The van der Waals surface area contributed by atoms with Gasteiger partial charge in [-0.15, -0.1) is 0 Å². The lowest BCUT2D eigenvalue weighted by Crippen LogP contribution is -2.41. The number of nitrogens with zero attached hydrogens (tertiary/aromatic N) is 1. The average Bonchev–Trinajstić information content (AvgIpc) is 2.48. The normalized spacial score (nSPS) is 37.4.